The van der Waals surface area contributed by atoms with Gasteiger partial charge in [0, 0.05) is 6.54 Å². The van der Waals surface area contributed by atoms with E-state index < -0.39 is 11.5 Å². The van der Waals surface area contributed by atoms with Crippen LogP contribution in [0.1, 0.15) is 17.3 Å². The van der Waals surface area contributed by atoms with Crippen molar-refractivity contribution >= 4 is 23.4 Å². The number of methoxy groups -OCH3 is 1. The molecule has 82 valence electrons. The number of rotatable bonds is 3. The summed E-state index contributed by atoms with van der Waals surface area (Å²) in [7, 11) is 1.26. The summed E-state index contributed by atoms with van der Waals surface area (Å²) in [4.78, 5) is 25.0. The zero-order valence-electron chi connectivity index (χ0n) is 8.39. The van der Waals surface area contributed by atoms with Gasteiger partial charge in [-0.25, -0.2) is 4.79 Å². The fourth-order valence-electron chi connectivity index (χ4n) is 1.09. The van der Waals surface area contributed by atoms with Crippen molar-refractivity contribution in [2.24, 2.45) is 0 Å². The van der Waals surface area contributed by atoms with Crippen molar-refractivity contribution in [3.8, 4) is 0 Å². The van der Waals surface area contributed by atoms with E-state index >= 15 is 0 Å². The van der Waals surface area contributed by atoms with Gasteiger partial charge in [-0.2, -0.15) is 0 Å². The molecule has 0 radical (unpaired) electrons. The minimum absolute atomic E-state index is 0.0444. The molecule has 2 N–H and O–H groups in total. The molecule has 0 amide bonds. The molecule has 15 heavy (non-hydrogen) atoms. The fourth-order valence-corrected chi connectivity index (χ4v) is 1.25. The molecule has 0 aromatic carbocycles. The molecule has 1 heterocycles. The lowest BCUT2D eigenvalue weighted by Gasteiger charge is -2.08. The van der Waals surface area contributed by atoms with Crippen LogP contribution in [0.2, 0.25) is 5.02 Å². The molecular weight excluding hydrogens is 220 g/mol. The summed E-state index contributed by atoms with van der Waals surface area (Å²) in [5.74, 6) is -0.233. The molecule has 1 aromatic heterocycles. The van der Waals surface area contributed by atoms with E-state index in [9.17, 15) is 9.59 Å². The van der Waals surface area contributed by atoms with Crippen LogP contribution in [0.3, 0.4) is 0 Å². The summed E-state index contributed by atoms with van der Waals surface area (Å²) < 4.78 is 4.56. The van der Waals surface area contributed by atoms with E-state index in [4.69, 9.17) is 11.6 Å². The van der Waals surface area contributed by atoms with Gasteiger partial charge >= 0.3 is 5.97 Å². The van der Waals surface area contributed by atoms with Crippen LogP contribution < -0.4 is 10.9 Å². The number of pyridine rings is 1. The average Bonchev–Trinajstić information content (AvgIpc) is 2.22. The molecule has 5 nitrogen and oxygen atoms in total. The van der Waals surface area contributed by atoms with E-state index in [1.54, 1.807) is 0 Å². The van der Waals surface area contributed by atoms with Crippen molar-refractivity contribution in [2.75, 3.05) is 19.0 Å². The van der Waals surface area contributed by atoms with E-state index in [1.807, 2.05) is 6.92 Å². The Hall–Kier alpha value is -1.49. The van der Waals surface area contributed by atoms with Crippen molar-refractivity contribution in [2.45, 2.75) is 6.92 Å². The standard InChI is InChI=1S/C9H11ClN2O3/c1-3-11-7-5(9(14)15-2)4-6(10)8(13)12-7/h4H,3H2,1-2H3,(H2,11,12,13). The molecule has 0 aliphatic heterocycles. The third kappa shape index (κ3) is 2.50. The first-order valence-electron chi connectivity index (χ1n) is 4.35. The van der Waals surface area contributed by atoms with Gasteiger partial charge in [0.2, 0.25) is 0 Å². The number of aromatic amines is 1. The number of carbonyl (C=O) groups excluding carboxylic acids is 1. The van der Waals surface area contributed by atoms with Gasteiger partial charge in [0.25, 0.3) is 5.56 Å². The Labute approximate surface area is 91.4 Å². The molecule has 1 rings (SSSR count). The van der Waals surface area contributed by atoms with Crippen LogP contribution in [-0.4, -0.2) is 24.6 Å². The van der Waals surface area contributed by atoms with Gasteiger partial charge in [-0.1, -0.05) is 11.6 Å². The van der Waals surface area contributed by atoms with Crippen LogP contribution in [0, 0.1) is 0 Å². The molecule has 0 atom stereocenters. The second kappa shape index (κ2) is 4.84. The number of hydrogen-bond donors (Lipinski definition) is 2. The van der Waals surface area contributed by atoms with Crippen LogP contribution in [0.15, 0.2) is 10.9 Å². The quantitative estimate of drug-likeness (QED) is 0.767. The van der Waals surface area contributed by atoms with E-state index in [1.165, 1.54) is 13.2 Å². The highest BCUT2D eigenvalue weighted by molar-refractivity contribution is 6.30. The fraction of sp³-hybridized carbons (Fsp3) is 0.333. The summed E-state index contributed by atoms with van der Waals surface area (Å²) >= 11 is 5.61. The number of carbonyl (C=O) groups is 1. The number of aromatic nitrogens is 1. The van der Waals surface area contributed by atoms with E-state index in [0.29, 0.717) is 12.4 Å². The summed E-state index contributed by atoms with van der Waals surface area (Å²) in [6, 6.07) is 1.28. The summed E-state index contributed by atoms with van der Waals surface area (Å²) in [6.07, 6.45) is 0. The van der Waals surface area contributed by atoms with Crippen LogP contribution >= 0.6 is 11.6 Å². The zero-order chi connectivity index (χ0) is 11.4. The van der Waals surface area contributed by atoms with Gasteiger partial charge in [0.1, 0.15) is 16.4 Å². The summed E-state index contributed by atoms with van der Waals surface area (Å²) in [6.45, 7) is 2.41. The second-order valence-corrected chi connectivity index (χ2v) is 3.16. The zero-order valence-corrected chi connectivity index (χ0v) is 9.14. The molecule has 0 spiro atoms. The van der Waals surface area contributed by atoms with E-state index in [-0.39, 0.29) is 10.6 Å². The lowest BCUT2D eigenvalue weighted by Crippen LogP contribution is -2.16. The van der Waals surface area contributed by atoms with Gasteiger partial charge < -0.3 is 15.0 Å². The maximum Gasteiger partial charge on any atom is 0.341 e. The maximum atomic E-state index is 11.3. The van der Waals surface area contributed by atoms with Crippen LogP contribution in [0.5, 0.6) is 0 Å². The third-order valence-electron chi connectivity index (χ3n) is 1.75. The molecule has 0 bridgehead atoms. The first-order chi connectivity index (χ1) is 7.10. The molecular formula is C9H11ClN2O3. The molecule has 6 heteroatoms. The molecule has 1 aromatic rings. The maximum absolute atomic E-state index is 11.3. The highest BCUT2D eigenvalue weighted by Gasteiger charge is 2.14. The van der Waals surface area contributed by atoms with Crippen LogP contribution in [0.25, 0.3) is 0 Å². The SMILES string of the molecule is CCNc1[nH]c(=O)c(Cl)cc1C(=O)OC. The Morgan fingerprint density at radius 3 is 2.87 bits per heavy atom. The van der Waals surface area contributed by atoms with Crippen molar-refractivity contribution in [1.29, 1.82) is 0 Å². The molecule has 0 aliphatic rings. The lowest BCUT2D eigenvalue weighted by molar-refractivity contribution is 0.0601. The first kappa shape index (κ1) is 11.6. The van der Waals surface area contributed by atoms with Gasteiger partial charge in [-0.05, 0) is 13.0 Å². The molecule has 0 saturated heterocycles. The van der Waals surface area contributed by atoms with Gasteiger partial charge in [-0.3, -0.25) is 4.79 Å². The van der Waals surface area contributed by atoms with E-state index in [2.05, 4.69) is 15.0 Å². The smallest absolute Gasteiger partial charge is 0.341 e. The van der Waals surface area contributed by atoms with Crippen LogP contribution in [-0.2, 0) is 4.74 Å². The Bertz CT molecular complexity index is 428. The predicted octanol–water partition coefficient (Wildman–Crippen LogP) is 1.25. The summed E-state index contributed by atoms with van der Waals surface area (Å²) in [5, 5.41) is 2.80. The summed E-state index contributed by atoms with van der Waals surface area (Å²) in [5.41, 5.74) is -0.232. The van der Waals surface area contributed by atoms with Crippen molar-refractivity contribution in [3.05, 3.63) is 27.0 Å². The van der Waals surface area contributed by atoms with Gasteiger partial charge in [-0.15, -0.1) is 0 Å². The van der Waals surface area contributed by atoms with Crippen LogP contribution in [0.4, 0.5) is 5.82 Å². The number of esters is 1. The minimum atomic E-state index is -0.552. The van der Waals surface area contributed by atoms with Crippen molar-refractivity contribution in [3.63, 3.8) is 0 Å². The average molecular weight is 231 g/mol. The normalized spacial score (nSPS) is 9.80. The molecule has 0 saturated carbocycles. The first-order valence-corrected chi connectivity index (χ1v) is 4.73. The number of nitrogens with one attached hydrogen (secondary N) is 2. The van der Waals surface area contributed by atoms with E-state index in [0.717, 1.165) is 0 Å². The minimum Gasteiger partial charge on any atom is -0.465 e. The largest absolute Gasteiger partial charge is 0.465 e. The molecule has 0 unspecified atom stereocenters. The monoisotopic (exact) mass is 230 g/mol. The molecule has 0 aliphatic carbocycles. The van der Waals surface area contributed by atoms with Crippen molar-refractivity contribution < 1.29 is 9.53 Å². The highest BCUT2D eigenvalue weighted by Crippen LogP contribution is 2.15. The predicted molar refractivity (Wildman–Crippen MR) is 57.6 cm³/mol. The Morgan fingerprint density at radius 1 is 1.67 bits per heavy atom. The second-order valence-electron chi connectivity index (χ2n) is 2.76. The van der Waals surface area contributed by atoms with Crippen molar-refractivity contribution in [1.82, 2.24) is 4.98 Å². The topological polar surface area (TPSA) is 71.2 Å². The van der Waals surface area contributed by atoms with Gasteiger partial charge in [0.05, 0.1) is 7.11 Å². The Kier molecular flexibility index (Phi) is 3.74. The number of H-pyrrole nitrogens is 1. The molecule has 0 fully saturated rings. The highest BCUT2D eigenvalue weighted by atomic mass is 35.5. The third-order valence-corrected chi connectivity index (χ3v) is 2.04. The number of ether oxygens (including phenoxy) is 1. The number of halogens is 1. The van der Waals surface area contributed by atoms with Gasteiger partial charge in [0.15, 0.2) is 0 Å². The Morgan fingerprint density at radius 2 is 2.33 bits per heavy atom. The number of anilines is 1. The Balaban J connectivity index is 3.27. The number of hydrogen-bond acceptors (Lipinski definition) is 4. The lowest BCUT2D eigenvalue weighted by atomic mass is 10.2.